The number of hydrogen-bond donors (Lipinski definition) is 0. The molecule has 1 aliphatic rings. The van der Waals surface area contributed by atoms with Gasteiger partial charge in [0.25, 0.3) is 0 Å². The first kappa shape index (κ1) is 18.0. The lowest BCUT2D eigenvalue weighted by molar-refractivity contribution is 0.262. The van der Waals surface area contributed by atoms with E-state index in [2.05, 4.69) is 37.7 Å². The highest BCUT2D eigenvalue weighted by molar-refractivity contribution is 5.63. The second-order valence-corrected chi connectivity index (χ2v) is 7.23. The summed E-state index contributed by atoms with van der Waals surface area (Å²) in [7, 11) is 6.01. The predicted octanol–water partition coefficient (Wildman–Crippen LogP) is 3.41. The summed E-state index contributed by atoms with van der Waals surface area (Å²) in [6.07, 6.45) is 1.22. The smallest absolute Gasteiger partial charge is 0.226 e. The quantitative estimate of drug-likeness (QED) is 0.832. The van der Waals surface area contributed by atoms with Gasteiger partial charge in [0.2, 0.25) is 5.89 Å². The lowest BCUT2D eigenvalue weighted by Crippen LogP contribution is -2.31. The second kappa shape index (κ2) is 7.18. The van der Waals surface area contributed by atoms with E-state index in [0.717, 1.165) is 53.5 Å². The molecular formula is C20H29N3O2. The summed E-state index contributed by atoms with van der Waals surface area (Å²) in [5.41, 5.74) is 4.37. The normalized spacial score (nSPS) is 18.3. The molecule has 1 fully saturated rings. The topological polar surface area (TPSA) is 41.7 Å². The van der Waals surface area contributed by atoms with Gasteiger partial charge in [0.05, 0.1) is 12.8 Å². The molecule has 25 heavy (non-hydrogen) atoms. The van der Waals surface area contributed by atoms with Crippen molar-refractivity contribution in [3.05, 3.63) is 34.7 Å². The van der Waals surface area contributed by atoms with Gasteiger partial charge < -0.3 is 14.1 Å². The zero-order valence-electron chi connectivity index (χ0n) is 16.2. The summed E-state index contributed by atoms with van der Waals surface area (Å²) in [4.78, 5) is 9.58. The van der Waals surface area contributed by atoms with Crippen molar-refractivity contribution in [3.63, 3.8) is 0 Å². The average molecular weight is 343 g/mol. The van der Waals surface area contributed by atoms with Crippen LogP contribution in [-0.2, 0) is 6.54 Å². The van der Waals surface area contributed by atoms with Crippen molar-refractivity contribution in [2.75, 3.05) is 34.3 Å². The molecule has 5 heteroatoms. The third-order valence-corrected chi connectivity index (χ3v) is 5.43. The summed E-state index contributed by atoms with van der Waals surface area (Å²) in [5.74, 6) is 2.52. The molecule has 0 amide bonds. The highest BCUT2D eigenvalue weighted by atomic mass is 16.5. The van der Waals surface area contributed by atoms with Crippen LogP contribution in [0.3, 0.4) is 0 Å². The fourth-order valence-corrected chi connectivity index (χ4v) is 3.53. The van der Waals surface area contributed by atoms with Gasteiger partial charge in [-0.1, -0.05) is 0 Å². The summed E-state index contributed by atoms with van der Waals surface area (Å²) >= 11 is 0. The average Bonchev–Trinajstić information content (AvgIpc) is 3.18. The lowest BCUT2D eigenvalue weighted by Gasteiger charge is -2.19. The maximum Gasteiger partial charge on any atom is 0.226 e. The van der Waals surface area contributed by atoms with Crippen molar-refractivity contribution in [1.29, 1.82) is 0 Å². The van der Waals surface area contributed by atoms with Crippen molar-refractivity contribution in [3.8, 4) is 17.2 Å². The van der Waals surface area contributed by atoms with Crippen LogP contribution in [0.5, 0.6) is 5.75 Å². The number of ether oxygens (including phenoxy) is 1. The Kier molecular flexibility index (Phi) is 5.16. The van der Waals surface area contributed by atoms with Crippen molar-refractivity contribution in [2.24, 2.45) is 0 Å². The standard InChI is InChI=1S/C20H29N3O2/c1-13-14(2)19(24-6)8-7-17(13)20-21-18(15(3)25-20)12-23-10-9-16(11-23)22(4)5/h7-8,16H,9-12H2,1-6H3. The van der Waals surface area contributed by atoms with Gasteiger partial charge in [-0.15, -0.1) is 0 Å². The minimum absolute atomic E-state index is 0.637. The first-order valence-electron chi connectivity index (χ1n) is 8.90. The fourth-order valence-electron chi connectivity index (χ4n) is 3.53. The minimum Gasteiger partial charge on any atom is -0.496 e. The third-order valence-electron chi connectivity index (χ3n) is 5.43. The van der Waals surface area contributed by atoms with E-state index in [4.69, 9.17) is 14.1 Å². The fraction of sp³-hybridized carbons (Fsp3) is 0.550. The van der Waals surface area contributed by atoms with E-state index in [1.54, 1.807) is 7.11 Å². The van der Waals surface area contributed by atoms with Gasteiger partial charge in [-0.05, 0) is 64.5 Å². The van der Waals surface area contributed by atoms with Gasteiger partial charge >= 0.3 is 0 Å². The molecule has 1 aromatic carbocycles. The summed E-state index contributed by atoms with van der Waals surface area (Å²) in [6, 6.07) is 4.66. The number of benzene rings is 1. The van der Waals surface area contributed by atoms with E-state index < -0.39 is 0 Å². The largest absolute Gasteiger partial charge is 0.496 e. The van der Waals surface area contributed by atoms with Crippen LogP contribution in [-0.4, -0.2) is 55.1 Å². The van der Waals surface area contributed by atoms with Gasteiger partial charge in [0, 0.05) is 31.2 Å². The number of aromatic nitrogens is 1. The summed E-state index contributed by atoms with van der Waals surface area (Å²) in [6.45, 7) is 9.24. The van der Waals surface area contributed by atoms with E-state index in [0.29, 0.717) is 11.9 Å². The number of likely N-dealkylation sites (tertiary alicyclic amines) is 1. The van der Waals surface area contributed by atoms with E-state index >= 15 is 0 Å². The van der Waals surface area contributed by atoms with Crippen LogP contribution in [0.1, 0.15) is 29.0 Å². The molecule has 2 aromatic rings. The first-order valence-corrected chi connectivity index (χ1v) is 8.90. The van der Waals surface area contributed by atoms with Gasteiger partial charge in [-0.25, -0.2) is 4.98 Å². The zero-order valence-corrected chi connectivity index (χ0v) is 16.2. The Morgan fingerprint density at radius 3 is 2.64 bits per heavy atom. The Balaban J connectivity index is 1.80. The van der Waals surface area contributed by atoms with Gasteiger partial charge in [-0.2, -0.15) is 0 Å². The first-order chi connectivity index (χ1) is 11.9. The Labute approximate surface area is 150 Å². The molecule has 0 radical (unpaired) electrons. The van der Waals surface area contributed by atoms with Crippen LogP contribution < -0.4 is 4.74 Å². The predicted molar refractivity (Wildman–Crippen MR) is 100 cm³/mol. The Hall–Kier alpha value is -1.85. The van der Waals surface area contributed by atoms with E-state index in [9.17, 15) is 0 Å². The molecule has 1 unspecified atom stereocenters. The molecule has 0 saturated carbocycles. The number of nitrogens with zero attached hydrogens (tertiary/aromatic N) is 3. The maximum atomic E-state index is 6.01. The van der Waals surface area contributed by atoms with Crippen molar-refractivity contribution < 1.29 is 9.15 Å². The second-order valence-electron chi connectivity index (χ2n) is 7.23. The molecule has 1 aliphatic heterocycles. The van der Waals surface area contributed by atoms with E-state index in [1.807, 2.05) is 19.1 Å². The molecule has 1 saturated heterocycles. The molecule has 5 nitrogen and oxygen atoms in total. The van der Waals surface area contributed by atoms with Gasteiger partial charge in [0.15, 0.2) is 0 Å². The van der Waals surface area contributed by atoms with Crippen LogP contribution in [0.2, 0.25) is 0 Å². The lowest BCUT2D eigenvalue weighted by atomic mass is 10.0. The van der Waals surface area contributed by atoms with Crippen molar-refractivity contribution >= 4 is 0 Å². The van der Waals surface area contributed by atoms with Gasteiger partial charge in [-0.3, -0.25) is 4.90 Å². The van der Waals surface area contributed by atoms with Crippen LogP contribution in [0, 0.1) is 20.8 Å². The highest BCUT2D eigenvalue weighted by Gasteiger charge is 2.25. The maximum absolute atomic E-state index is 6.01. The number of oxazole rings is 1. The molecule has 2 heterocycles. The molecule has 1 atom stereocenters. The minimum atomic E-state index is 0.637. The number of rotatable bonds is 5. The molecule has 1 aromatic heterocycles. The Bertz CT molecular complexity index is 752. The number of hydrogen-bond acceptors (Lipinski definition) is 5. The molecule has 136 valence electrons. The molecular weight excluding hydrogens is 314 g/mol. The third kappa shape index (κ3) is 3.58. The van der Waals surface area contributed by atoms with Crippen LogP contribution >= 0.6 is 0 Å². The highest BCUT2D eigenvalue weighted by Crippen LogP contribution is 2.32. The van der Waals surface area contributed by atoms with Crippen molar-refractivity contribution in [2.45, 2.75) is 39.8 Å². The number of aryl methyl sites for hydroxylation is 1. The molecule has 3 rings (SSSR count). The zero-order chi connectivity index (χ0) is 18.1. The number of likely N-dealkylation sites (N-methyl/N-ethyl adjacent to an activating group) is 1. The molecule has 0 aliphatic carbocycles. The molecule has 0 bridgehead atoms. The number of methoxy groups -OCH3 is 1. The van der Waals surface area contributed by atoms with E-state index in [1.165, 1.54) is 6.42 Å². The van der Waals surface area contributed by atoms with E-state index in [-0.39, 0.29) is 0 Å². The van der Waals surface area contributed by atoms with Crippen LogP contribution in [0.15, 0.2) is 16.5 Å². The molecule has 0 spiro atoms. The summed E-state index contributed by atoms with van der Waals surface area (Å²) < 4.78 is 11.4. The molecule has 0 N–H and O–H groups in total. The van der Waals surface area contributed by atoms with Crippen LogP contribution in [0.25, 0.3) is 11.5 Å². The monoisotopic (exact) mass is 343 g/mol. The van der Waals surface area contributed by atoms with Crippen LogP contribution in [0.4, 0.5) is 0 Å². The van der Waals surface area contributed by atoms with Gasteiger partial charge in [0.1, 0.15) is 11.5 Å². The SMILES string of the molecule is COc1ccc(-c2nc(CN3CCC(N(C)C)C3)c(C)o2)c(C)c1C. The van der Waals surface area contributed by atoms with Crippen molar-refractivity contribution in [1.82, 2.24) is 14.8 Å². The Morgan fingerprint density at radius 1 is 1.24 bits per heavy atom. The summed E-state index contributed by atoms with van der Waals surface area (Å²) in [5, 5.41) is 0. The Morgan fingerprint density at radius 2 is 2.00 bits per heavy atom.